The van der Waals surface area contributed by atoms with E-state index in [0.29, 0.717) is 10.7 Å². The molecule has 1 N–H and O–H groups in total. The fourth-order valence-electron chi connectivity index (χ4n) is 3.19. The van der Waals surface area contributed by atoms with Crippen LogP contribution in [0.15, 0.2) is 78.9 Å². The van der Waals surface area contributed by atoms with Crippen LogP contribution in [-0.2, 0) is 15.1 Å². The van der Waals surface area contributed by atoms with E-state index < -0.39 is 23.6 Å². The number of carbonyl (C=O) groups excluding carboxylic acids is 3. The number of cyclic esters (lactones) is 1. The van der Waals surface area contributed by atoms with Gasteiger partial charge in [-0.2, -0.15) is 0 Å². The molecule has 0 radical (unpaired) electrons. The molecule has 0 bridgehead atoms. The lowest BCUT2D eigenvalue weighted by atomic mass is 9.94. The van der Waals surface area contributed by atoms with Gasteiger partial charge in [-0.3, -0.25) is 10.2 Å². The Hall–Kier alpha value is -3.84. The maximum Gasteiger partial charge on any atom is 0.437 e. The Bertz CT molecular complexity index is 1170. The molecule has 0 spiro atoms. The predicted octanol–water partition coefficient (Wildman–Crippen LogP) is 4.78. The number of esters is 1. The van der Waals surface area contributed by atoms with Crippen molar-refractivity contribution in [3.8, 4) is 5.75 Å². The lowest BCUT2D eigenvalue weighted by molar-refractivity contribution is -0.135. The maximum atomic E-state index is 13.2. The Morgan fingerprint density at radius 1 is 1.00 bits per heavy atom. The van der Waals surface area contributed by atoms with Crippen LogP contribution in [0.4, 0.5) is 10.5 Å². The molecule has 1 atom stereocenters. The van der Waals surface area contributed by atoms with Gasteiger partial charge in [0.05, 0.1) is 11.3 Å². The van der Waals surface area contributed by atoms with E-state index >= 15 is 0 Å². The van der Waals surface area contributed by atoms with Gasteiger partial charge >= 0.3 is 12.1 Å². The van der Waals surface area contributed by atoms with E-state index in [9.17, 15) is 14.4 Å². The second-order valence-electron chi connectivity index (χ2n) is 6.92. The molecule has 2 amide bonds. The number of nitrogens with zero attached hydrogens (tertiary/aromatic N) is 1. The van der Waals surface area contributed by atoms with Gasteiger partial charge in [0, 0.05) is 10.6 Å². The van der Waals surface area contributed by atoms with Crippen LogP contribution in [0.25, 0.3) is 0 Å². The number of carbonyl (C=O) groups is 3. The van der Waals surface area contributed by atoms with Gasteiger partial charge in [-0.15, -0.1) is 5.01 Å². The summed E-state index contributed by atoms with van der Waals surface area (Å²) in [5.74, 6) is -1.21. The molecule has 7 nitrogen and oxygen atoms in total. The Morgan fingerprint density at radius 3 is 2.45 bits per heavy atom. The number of para-hydroxylation sites is 2. The van der Waals surface area contributed by atoms with Crippen molar-refractivity contribution < 1.29 is 23.9 Å². The number of benzene rings is 3. The summed E-state index contributed by atoms with van der Waals surface area (Å²) in [6.45, 7) is 1.45. The number of ether oxygens (including phenoxy) is 2. The van der Waals surface area contributed by atoms with Gasteiger partial charge in [-0.25, -0.2) is 9.59 Å². The zero-order chi connectivity index (χ0) is 22.0. The molecule has 3 aromatic rings. The Morgan fingerprint density at radius 2 is 1.71 bits per heavy atom. The Labute approximate surface area is 183 Å². The molecular formula is C23H17ClN2O5. The first-order chi connectivity index (χ1) is 14.9. The summed E-state index contributed by atoms with van der Waals surface area (Å²) in [6, 6.07) is 21.4. The largest absolute Gasteiger partial charge is 0.437 e. The highest BCUT2D eigenvalue weighted by Gasteiger charge is 2.53. The fraction of sp³-hybridized carbons (Fsp3) is 0.0870. The van der Waals surface area contributed by atoms with Crippen molar-refractivity contribution in [2.24, 2.45) is 0 Å². The normalized spacial score (nSPS) is 17.9. The third kappa shape index (κ3) is 3.95. The van der Waals surface area contributed by atoms with E-state index in [1.54, 1.807) is 60.7 Å². The van der Waals surface area contributed by atoms with Gasteiger partial charge in [0.15, 0.2) is 0 Å². The van der Waals surface area contributed by atoms with Crippen molar-refractivity contribution in [1.29, 1.82) is 0 Å². The van der Waals surface area contributed by atoms with Crippen LogP contribution in [0, 0.1) is 0 Å². The number of hydrogen-bond donors (Lipinski definition) is 1. The minimum Gasteiger partial charge on any atom is -0.426 e. The minimum atomic E-state index is -1.69. The van der Waals surface area contributed by atoms with Crippen LogP contribution < -0.4 is 10.2 Å². The molecule has 31 heavy (non-hydrogen) atoms. The molecule has 156 valence electrons. The molecule has 0 aliphatic carbocycles. The van der Waals surface area contributed by atoms with E-state index in [1.807, 2.05) is 6.07 Å². The quantitative estimate of drug-likeness (QED) is 0.457. The van der Waals surface area contributed by atoms with E-state index in [-0.39, 0.29) is 16.9 Å². The van der Waals surface area contributed by atoms with Crippen LogP contribution in [0.5, 0.6) is 5.75 Å². The summed E-state index contributed by atoms with van der Waals surface area (Å²) in [6.07, 6.45) is -0.868. The van der Waals surface area contributed by atoms with E-state index in [4.69, 9.17) is 21.1 Å². The summed E-state index contributed by atoms with van der Waals surface area (Å²) in [7, 11) is 0. The van der Waals surface area contributed by atoms with Crippen molar-refractivity contribution in [2.75, 3.05) is 5.43 Å². The van der Waals surface area contributed by atoms with Crippen molar-refractivity contribution in [2.45, 2.75) is 12.5 Å². The number of nitrogens with one attached hydrogen (secondary N) is 1. The Balaban J connectivity index is 1.63. The molecule has 0 aromatic heterocycles. The van der Waals surface area contributed by atoms with Gasteiger partial charge in [0.25, 0.3) is 5.91 Å². The highest BCUT2D eigenvalue weighted by atomic mass is 35.5. The monoisotopic (exact) mass is 436 g/mol. The molecule has 3 aromatic carbocycles. The summed E-state index contributed by atoms with van der Waals surface area (Å²) >= 11 is 5.94. The first-order valence-corrected chi connectivity index (χ1v) is 9.73. The predicted molar refractivity (Wildman–Crippen MR) is 114 cm³/mol. The number of rotatable bonds is 5. The molecule has 1 saturated heterocycles. The van der Waals surface area contributed by atoms with E-state index in [1.165, 1.54) is 19.1 Å². The smallest absolute Gasteiger partial charge is 0.426 e. The standard InChI is InChI=1S/C23H17ClN2O5/c1-23(21(28)26(22(29)31-23)25-17-10-3-2-4-11-17)18-12-5-6-13-19(18)30-20(27)15-8-7-9-16(24)14-15/h2-14,25H,1H3. The van der Waals surface area contributed by atoms with E-state index in [2.05, 4.69) is 5.43 Å². The SMILES string of the molecule is CC1(c2ccccc2OC(=O)c2cccc(Cl)c2)OC(=O)N(Nc2ccccc2)C1=O. The molecule has 1 fully saturated rings. The van der Waals surface area contributed by atoms with Gasteiger partial charge in [-0.05, 0) is 43.3 Å². The zero-order valence-electron chi connectivity index (χ0n) is 16.4. The number of hydrogen-bond acceptors (Lipinski definition) is 6. The van der Waals surface area contributed by atoms with Crippen molar-refractivity contribution in [1.82, 2.24) is 5.01 Å². The van der Waals surface area contributed by atoms with Crippen molar-refractivity contribution in [3.63, 3.8) is 0 Å². The first-order valence-electron chi connectivity index (χ1n) is 9.35. The molecule has 8 heteroatoms. The lowest BCUT2D eigenvalue weighted by Crippen LogP contribution is -2.40. The first kappa shape index (κ1) is 20.4. The van der Waals surface area contributed by atoms with Crippen LogP contribution in [0.1, 0.15) is 22.8 Å². The summed E-state index contributed by atoms with van der Waals surface area (Å²) in [5, 5.41) is 1.18. The van der Waals surface area contributed by atoms with Crippen LogP contribution >= 0.6 is 11.6 Å². The number of halogens is 1. The van der Waals surface area contributed by atoms with Crippen molar-refractivity contribution in [3.05, 3.63) is 95.0 Å². The third-order valence-corrected chi connectivity index (χ3v) is 5.00. The third-order valence-electron chi connectivity index (χ3n) is 4.76. The minimum absolute atomic E-state index is 0.0951. The zero-order valence-corrected chi connectivity index (χ0v) is 17.1. The fourth-order valence-corrected chi connectivity index (χ4v) is 3.38. The molecule has 1 heterocycles. The second kappa shape index (κ2) is 8.12. The van der Waals surface area contributed by atoms with E-state index in [0.717, 1.165) is 5.01 Å². The Kier molecular flexibility index (Phi) is 5.35. The molecule has 4 rings (SSSR count). The molecule has 1 unspecified atom stereocenters. The molecule has 1 aliphatic rings. The summed E-state index contributed by atoms with van der Waals surface area (Å²) < 4.78 is 11.0. The molecular weight excluding hydrogens is 420 g/mol. The number of amides is 2. The molecule has 1 aliphatic heterocycles. The topological polar surface area (TPSA) is 84.9 Å². The van der Waals surface area contributed by atoms with Crippen molar-refractivity contribution >= 4 is 35.3 Å². The van der Waals surface area contributed by atoms with Gasteiger partial charge in [-0.1, -0.05) is 54.1 Å². The second-order valence-corrected chi connectivity index (χ2v) is 7.35. The summed E-state index contributed by atoms with van der Waals surface area (Å²) in [5.41, 5.74) is 2.08. The van der Waals surface area contributed by atoms with Crippen LogP contribution in [0.2, 0.25) is 5.02 Å². The maximum absolute atomic E-state index is 13.2. The highest BCUT2D eigenvalue weighted by Crippen LogP contribution is 2.39. The van der Waals surface area contributed by atoms with Gasteiger partial charge in [0.1, 0.15) is 5.75 Å². The average Bonchev–Trinajstić information content (AvgIpc) is 2.98. The average molecular weight is 437 g/mol. The van der Waals surface area contributed by atoms with Crippen LogP contribution in [-0.4, -0.2) is 23.0 Å². The molecule has 0 saturated carbocycles. The number of imide groups is 1. The number of hydrazine groups is 1. The summed E-state index contributed by atoms with van der Waals surface area (Å²) in [4.78, 5) is 38.2. The number of anilines is 1. The van der Waals surface area contributed by atoms with Crippen LogP contribution in [0.3, 0.4) is 0 Å². The lowest BCUT2D eigenvalue weighted by Gasteiger charge is -2.23. The van der Waals surface area contributed by atoms with Gasteiger partial charge in [0.2, 0.25) is 5.60 Å². The van der Waals surface area contributed by atoms with Gasteiger partial charge < -0.3 is 9.47 Å². The highest BCUT2D eigenvalue weighted by molar-refractivity contribution is 6.30.